The Bertz CT molecular complexity index is 477. The van der Waals surface area contributed by atoms with Crippen molar-refractivity contribution in [1.29, 1.82) is 0 Å². The van der Waals surface area contributed by atoms with E-state index < -0.39 is 0 Å². The monoisotopic (exact) mass is 293 g/mol. The lowest BCUT2D eigenvalue weighted by atomic mass is 10.1. The molecule has 21 heavy (non-hydrogen) atoms. The number of likely N-dealkylation sites (tertiary alicyclic amines) is 1. The van der Waals surface area contributed by atoms with Gasteiger partial charge < -0.3 is 14.4 Å². The van der Waals surface area contributed by atoms with Crippen molar-refractivity contribution in [1.82, 2.24) is 4.90 Å². The smallest absolute Gasteiger partial charge is 0.251 e. The van der Waals surface area contributed by atoms with Crippen molar-refractivity contribution < 1.29 is 18.7 Å². The van der Waals surface area contributed by atoms with Gasteiger partial charge in [0.2, 0.25) is 0 Å². The van der Waals surface area contributed by atoms with Crippen LogP contribution in [-0.2, 0) is 9.53 Å². The fourth-order valence-electron chi connectivity index (χ4n) is 2.88. The fourth-order valence-corrected chi connectivity index (χ4v) is 2.88. The summed E-state index contributed by atoms with van der Waals surface area (Å²) in [4.78, 5) is 14.1. The van der Waals surface area contributed by atoms with Crippen LogP contribution in [0.4, 0.5) is 4.39 Å². The summed E-state index contributed by atoms with van der Waals surface area (Å²) < 4.78 is 24.1. The van der Waals surface area contributed by atoms with E-state index in [-0.39, 0.29) is 23.9 Å². The molecule has 5 heteroatoms. The average Bonchev–Trinajstić information content (AvgIpc) is 3.04. The Hall–Kier alpha value is -1.62. The van der Waals surface area contributed by atoms with Crippen LogP contribution in [0.3, 0.4) is 0 Å². The molecule has 1 amide bonds. The molecule has 0 radical (unpaired) electrons. The summed E-state index contributed by atoms with van der Waals surface area (Å²) in [6, 6.07) is 6.06. The number of hydrogen-bond acceptors (Lipinski definition) is 3. The van der Waals surface area contributed by atoms with Gasteiger partial charge in [-0.05, 0) is 37.1 Å². The van der Waals surface area contributed by atoms with Crippen molar-refractivity contribution in [2.75, 3.05) is 19.7 Å². The number of carbonyl (C=O) groups is 1. The summed E-state index contributed by atoms with van der Waals surface area (Å²) in [6.07, 6.45) is 3.26. The lowest BCUT2D eigenvalue weighted by Crippen LogP contribution is -2.45. The van der Waals surface area contributed by atoms with Crippen LogP contribution >= 0.6 is 0 Å². The largest absolute Gasteiger partial charge is 0.490 e. The molecule has 2 saturated heterocycles. The Morgan fingerprint density at radius 1 is 1.19 bits per heavy atom. The highest BCUT2D eigenvalue weighted by Crippen LogP contribution is 2.21. The molecule has 3 rings (SSSR count). The van der Waals surface area contributed by atoms with Crippen LogP contribution in [0.25, 0.3) is 0 Å². The van der Waals surface area contributed by atoms with Crippen molar-refractivity contribution in [3.8, 4) is 5.75 Å². The van der Waals surface area contributed by atoms with Crippen molar-refractivity contribution in [2.24, 2.45) is 0 Å². The first-order chi connectivity index (χ1) is 10.2. The molecule has 1 atom stereocenters. The minimum atomic E-state index is -0.265. The minimum Gasteiger partial charge on any atom is -0.490 e. The van der Waals surface area contributed by atoms with Crippen LogP contribution in [0.1, 0.15) is 25.7 Å². The van der Waals surface area contributed by atoms with Gasteiger partial charge in [-0.15, -0.1) is 0 Å². The van der Waals surface area contributed by atoms with Gasteiger partial charge in [-0.2, -0.15) is 0 Å². The van der Waals surface area contributed by atoms with Crippen molar-refractivity contribution in [3.63, 3.8) is 0 Å². The van der Waals surface area contributed by atoms with Crippen LogP contribution in [0.2, 0.25) is 0 Å². The number of piperidine rings is 1. The Morgan fingerprint density at radius 3 is 2.52 bits per heavy atom. The minimum absolute atomic E-state index is 0.0870. The molecule has 4 nitrogen and oxygen atoms in total. The second-order valence-corrected chi connectivity index (χ2v) is 5.60. The Labute approximate surface area is 123 Å². The van der Waals surface area contributed by atoms with E-state index in [2.05, 4.69) is 0 Å². The van der Waals surface area contributed by atoms with Gasteiger partial charge in [0.1, 0.15) is 23.8 Å². The van der Waals surface area contributed by atoms with E-state index in [1.807, 2.05) is 4.90 Å². The third-order valence-corrected chi connectivity index (χ3v) is 4.08. The molecule has 0 aliphatic carbocycles. The quantitative estimate of drug-likeness (QED) is 0.859. The zero-order chi connectivity index (χ0) is 14.7. The zero-order valence-corrected chi connectivity index (χ0v) is 12.0. The van der Waals surface area contributed by atoms with Gasteiger partial charge in [-0.3, -0.25) is 4.79 Å². The third-order valence-electron chi connectivity index (χ3n) is 4.08. The average molecular weight is 293 g/mol. The zero-order valence-electron chi connectivity index (χ0n) is 12.0. The lowest BCUT2D eigenvalue weighted by Gasteiger charge is -2.33. The summed E-state index contributed by atoms with van der Waals surface area (Å²) in [5.41, 5.74) is 0. The summed E-state index contributed by atoms with van der Waals surface area (Å²) in [6.45, 7) is 2.09. The number of halogens is 1. The predicted octanol–water partition coefficient (Wildman–Crippen LogP) is 2.37. The first kappa shape index (κ1) is 14.3. The molecule has 0 saturated carbocycles. The van der Waals surface area contributed by atoms with Gasteiger partial charge in [0, 0.05) is 32.5 Å². The second-order valence-electron chi connectivity index (χ2n) is 5.60. The van der Waals surface area contributed by atoms with Crippen molar-refractivity contribution in [2.45, 2.75) is 37.9 Å². The van der Waals surface area contributed by atoms with E-state index in [9.17, 15) is 9.18 Å². The van der Waals surface area contributed by atoms with Gasteiger partial charge in [-0.25, -0.2) is 4.39 Å². The maximum absolute atomic E-state index is 12.8. The van der Waals surface area contributed by atoms with Gasteiger partial charge in [-0.1, -0.05) is 0 Å². The Morgan fingerprint density at radius 2 is 1.90 bits per heavy atom. The number of carbonyl (C=O) groups excluding carboxylic acids is 1. The number of benzene rings is 1. The van der Waals surface area contributed by atoms with E-state index in [0.29, 0.717) is 25.4 Å². The molecular weight excluding hydrogens is 273 g/mol. The standard InChI is InChI=1S/C16H20FNO3/c17-12-3-5-13(6-4-12)21-14-7-9-18(10-8-14)16(19)15-2-1-11-20-15/h3-6,14-15H,1-2,7-11H2. The van der Waals surface area contributed by atoms with Crippen LogP contribution in [0.15, 0.2) is 24.3 Å². The number of ether oxygens (including phenoxy) is 2. The third kappa shape index (κ3) is 3.53. The highest BCUT2D eigenvalue weighted by Gasteiger charge is 2.31. The summed E-state index contributed by atoms with van der Waals surface area (Å²) in [5.74, 6) is 0.535. The number of hydrogen-bond donors (Lipinski definition) is 0. The molecule has 1 unspecified atom stereocenters. The van der Waals surface area contributed by atoms with Gasteiger partial charge in [0.05, 0.1) is 0 Å². The van der Waals surface area contributed by atoms with Crippen LogP contribution < -0.4 is 4.74 Å². The molecule has 0 aromatic heterocycles. The SMILES string of the molecule is O=C(C1CCCO1)N1CCC(Oc2ccc(F)cc2)CC1. The molecule has 2 aliphatic rings. The van der Waals surface area contributed by atoms with Gasteiger partial charge in [0.25, 0.3) is 5.91 Å². The highest BCUT2D eigenvalue weighted by atomic mass is 19.1. The molecule has 2 heterocycles. The normalized spacial score (nSPS) is 23.3. The number of rotatable bonds is 3. The van der Waals surface area contributed by atoms with Crippen LogP contribution in [-0.4, -0.2) is 42.7 Å². The highest BCUT2D eigenvalue weighted by molar-refractivity contribution is 5.81. The number of nitrogens with zero attached hydrogens (tertiary/aromatic N) is 1. The molecule has 1 aromatic carbocycles. The van der Waals surface area contributed by atoms with E-state index in [4.69, 9.17) is 9.47 Å². The summed E-state index contributed by atoms with van der Waals surface area (Å²) >= 11 is 0. The molecule has 0 spiro atoms. The van der Waals surface area contributed by atoms with Crippen LogP contribution in [0.5, 0.6) is 5.75 Å². The van der Waals surface area contributed by atoms with E-state index in [1.165, 1.54) is 12.1 Å². The molecular formula is C16H20FNO3. The van der Waals surface area contributed by atoms with Gasteiger partial charge >= 0.3 is 0 Å². The molecule has 114 valence electrons. The van der Waals surface area contributed by atoms with Crippen molar-refractivity contribution in [3.05, 3.63) is 30.1 Å². The topological polar surface area (TPSA) is 38.8 Å². The van der Waals surface area contributed by atoms with E-state index >= 15 is 0 Å². The Balaban J connectivity index is 1.48. The molecule has 2 fully saturated rings. The maximum Gasteiger partial charge on any atom is 0.251 e. The number of amides is 1. The van der Waals surface area contributed by atoms with E-state index in [0.717, 1.165) is 25.7 Å². The maximum atomic E-state index is 12.8. The second kappa shape index (κ2) is 6.43. The van der Waals surface area contributed by atoms with E-state index in [1.54, 1.807) is 12.1 Å². The van der Waals surface area contributed by atoms with Crippen molar-refractivity contribution >= 4 is 5.91 Å². The molecule has 2 aliphatic heterocycles. The first-order valence-corrected chi connectivity index (χ1v) is 7.55. The van der Waals surface area contributed by atoms with Crippen LogP contribution in [0, 0.1) is 5.82 Å². The summed E-state index contributed by atoms with van der Waals surface area (Å²) in [5, 5.41) is 0. The molecule has 0 N–H and O–H groups in total. The lowest BCUT2D eigenvalue weighted by molar-refractivity contribution is -0.142. The van der Waals surface area contributed by atoms with Gasteiger partial charge in [0.15, 0.2) is 0 Å². The predicted molar refractivity (Wildman–Crippen MR) is 75.6 cm³/mol. The molecule has 0 bridgehead atoms. The Kier molecular flexibility index (Phi) is 4.39. The summed E-state index contributed by atoms with van der Waals surface area (Å²) in [7, 11) is 0. The fraction of sp³-hybridized carbons (Fsp3) is 0.562. The first-order valence-electron chi connectivity index (χ1n) is 7.55. The molecule has 1 aromatic rings.